The van der Waals surface area contributed by atoms with E-state index in [4.69, 9.17) is 0 Å². The summed E-state index contributed by atoms with van der Waals surface area (Å²) < 4.78 is 1.87. The second-order valence-electron chi connectivity index (χ2n) is 8.99. The maximum absolute atomic E-state index is 12.8. The molecule has 0 fully saturated rings. The Bertz CT molecular complexity index is 1070. The molecule has 2 aromatic rings. The number of anilines is 1. The number of aliphatic imine (C=N–C) groups is 1. The monoisotopic (exact) mass is 435 g/mol. The quantitative estimate of drug-likeness (QED) is 0.339. The first-order chi connectivity index (χ1) is 15.1. The third kappa shape index (κ3) is 6.85. The van der Waals surface area contributed by atoms with E-state index in [-0.39, 0.29) is 5.91 Å². The number of aromatic nitrogens is 1. The van der Waals surface area contributed by atoms with Crippen molar-refractivity contribution >= 4 is 43.0 Å². The number of carbonyl (C=O) groups is 1. The minimum absolute atomic E-state index is 0.0990. The standard InChI is InChI=1S/C25H38BN5O/c1-9-27-24(29-21-12-11-18(4)15-20(21)26-17(2)3)23-19(5)16-22(31(23)8)25(32)28-13-10-14-30(6)7/h9,11-12,15-17,26,29H,5,10,13-14H2,1-4,6-8H3,(H,28,32)/b24-23-,27-9-. The second kappa shape index (κ2) is 11.7. The van der Waals surface area contributed by atoms with E-state index in [1.165, 1.54) is 11.0 Å². The van der Waals surface area contributed by atoms with Gasteiger partial charge in [0.1, 0.15) is 5.69 Å². The fourth-order valence-corrected chi connectivity index (χ4v) is 3.75. The van der Waals surface area contributed by atoms with Crippen molar-refractivity contribution in [2.45, 2.75) is 39.9 Å². The zero-order valence-electron chi connectivity index (χ0n) is 20.7. The van der Waals surface area contributed by atoms with E-state index in [1.807, 2.05) is 38.7 Å². The molecule has 2 rings (SSSR count). The molecule has 0 bridgehead atoms. The number of rotatable bonds is 10. The molecule has 2 N–H and O–H groups in total. The zero-order valence-corrected chi connectivity index (χ0v) is 20.7. The van der Waals surface area contributed by atoms with Gasteiger partial charge in [-0.3, -0.25) is 4.79 Å². The van der Waals surface area contributed by atoms with Crippen molar-refractivity contribution in [2.24, 2.45) is 12.0 Å². The van der Waals surface area contributed by atoms with Gasteiger partial charge < -0.3 is 20.1 Å². The number of amides is 1. The molecule has 0 atom stereocenters. The molecule has 0 aliphatic heterocycles. The second-order valence-corrected chi connectivity index (χ2v) is 8.99. The minimum Gasteiger partial charge on any atom is -0.351 e. The molecule has 1 heterocycles. The summed E-state index contributed by atoms with van der Waals surface area (Å²) in [5, 5.41) is 8.09. The lowest BCUT2D eigenvalue weighted by molar-refractivity contribution is 0.0944. The molecule has 0 aliphatic carbocycles. The highest BCUT2D eigenvalue weighted by atomic mass is 16.1. The average Bonchev–Trinajstić information content (AvgIpc) is 3.00. The van der Waals surface area contributed by atoms with Crippen LogP contribution < -0.4 is 26.7 Å². The van der Waals surface area contributed by atoms with Gasteiger partial charge in [-0.1, -0.05) is 49.4 Å². The van der Waals surface area contributed by atoms with Gasteiger partial charge in [0.15, 0.2) is 13.1 Å². The Morgan fingerprint density at radius 1 is 1.31 bits per heavy atom. The van der Waals surface area contributed by atoms with Crippen LogP contribution in [0, 0.1) is 6.92 Å². The van der Waals surface area contributed by atoms with Crippen LogP contribution in [0.5, 0.6) is 0 Å². The van der Waals surface area contributed by atoms with Crippen LogP contribution in [0.15, 0.2) is 29.3 Å². The molecule has 7 heteroatoms. The number of benzene rings is 1. The molecule has 1 amide bonds. The number of nitrogens with zero attached hydrogens (tertiary/aromatic N) is 3. The highest BCUT2D eigenvalue weighted by Gasteiger charge is 2.14. The summed E-state index contributed by atoms with van der Waals surface area (Å²) in [5.41, 5.74) is 4.09. The lowest BCUT2D eigenvalue weighted by atomic mass is 9.60. The number of hydrogen-bond donors (Lipinski definition) is 2. The fourth-order valence-electron chi connectivity index (χ4n) is 3.75. The predicted molar refractivity (Wildman–Crippen MR) is 140 cm³/mol. The maximum Gasteiger partial charge on any atom is 0.267 e. The van der Waals surface area contributed by atoms with Crippen LogP contribution >= 0.6 is 0 Å². The molecule has 0 unspecified atom stereocenters. The minimum atomic E-state index is -0.0990. The molecule has 0 saturated carbocycles. The van der Waals surface area contributed by atoms with Gasteiger partial charge in [-0.15, -0.1) is 0 Å². The van der Waals surface area contributed by atoms with E-state index in [0.29, 0.717) is 23.9 Å². The lowest BCUT2D eigenvalue weighted by Gasteiger charge is -2.15. The van der Waals surface area contributed by atoms with Crippen LogP contribution in [0.2, 0.25) is 5.82 Å². The Morgan fingerprint density at radius 2 is 2.03 bits per heavy atom. The molecule has 1 aromatic heterocycles. The van der Waals surface area contributed by atoms with E-state index in [9.17, 15) is 4.79 Å². The predicted octanol–water partition coefficient (Wildman–Crippen LogP) is 1.58. The van der Waals surface area contributed by atoms with E-state index < -0.39 is 0 Å². The van der Waals surface area contributed by atoms with Gasteiger partial charge >= 0.3 is 0 Å². The Kier molecular flexibility index (Phi) is 9.33. The van der Waals surface area contributed by atoms with E-state index >= 15 is 0 Å². The smallest absolute Gasteiger partial charge is 0.267 e. The van der Waals surface area contributed by atoms with Gasteiger partial charge in [-0.25, -0.2) is 4.99 Å². The highest BCUT2D eigenvalue weighted by molar-refractivity contribution is 6.57. The van der Waals surface area contributed by atoms with Crippen molar-refractivity contribution in [1.82, 2.24) is 14.8 Å². The van der Waals surface area contributed by atoms with Gasteiger partial charge in [0, 0.05) is 25.5 Å². The number of aryl methyl sites for hydroxylation is 1. The molecule has 0 spiro atoms. The molecule has 0 saturated heterocycles. The van der Waals surface area contributed by atoms with Gasteiger partial charge in [-0.2, -0.15) is 0 Å². The van der Waals surface area contributed by atoms with E-state index in [1.54, 1.807) is 6.21 Å². The SMILES string of the molecule is C=c1cc(C(=O)NCCCN(C)C)n(C)/c1=C(/N=C\C)Nc1ccc(C)cc1BC(C)C. The summed E-state index contributed by atoms with van der Waals surface area (Å²) in [7, 11) is 6.91. The number of hydrogen-bond acceptors (Lipinski definition) is 4. The van der Waals surface area contributed by atoms with Gasteiger partial charge in [0.25, 0.3) is 5.91 Å². The van der Waals surface area contributed by atoms with Crippen molar-refractivity contribution in [1.29, 1.82) is 0 Å². The highest BCUT2D eigenvalue weighted by Crippen LogP contribution is 2.12. The normalized spacial score (nSPS) is 12.5. The first-order valence-corrected chi connectivity index (χ1v) is 11.3. The number of carbonyl (C=O) groups excluding carboxylic acids is 1. The summed E-state index contributed by atoms with van der Waals surface area (Å²) in [5.74, 6) is 1.12. The van der Waals surface area contributed by atoms with Crippen LogP contribution in [0.1, 0.15) is 43.2 Å². The molecular weight excluding hydrogens is 397 g/mol. The Morgan fingerprint density at radius 3 is 2.66 bits per heavy atom. The maximum atomic E-state index is 12.8. The third-order valence-electron chi connectivity index (χ3n) is 5.24. The summed E-state index contributed by atoms with van der Waals surface area (Å²) in [6.45, 7) is 14.2. The largest absolute Gasteiger partial charge is 0.351 e. The first-order valence-electron chi connectivity index (χ1n) is 11.3. The van der Waals surface area contributed by atoms with Crippen LogP contribution in [-0.4, -0.2) is 56.1 Å². The topological polar surface area (TPSA) is 61.7 Å². The Hall–Kier alpha value is -2.80. The van der Waals surface area contributed by atoms with Crippen molar-refractivity contribution in [3.63, 3.8) is 0 Å². The van der Waals surface area contributed by atoms with Crippen LogP contribution in [0.3, 0.4) is 0 Å². The summed E-state index contributed by atoms with van der Waals surface area (Å²) >= 11 is 0. The fraction of sp³-hybridized carbons (Fsp3) is 0.440. The van der Waals surface area contributed by atoms with Crippen molar-refractivity contribution < 1.29 is 4.79 Å². The van der Waals surface area contributed by atoms with Crippen molar-refractivity contribution in [3.8, 4) is 0 Å². The Labute approximate surface area is 193 Å². The van der Waals surface area contributed by atoms with Gasteiger partial charge in [-0.05, 0) is 58.3 Å². The molecular formula is C25H38BN5O. The molecule has 6 nitrogen and oxygen atoms in total. The summed E-state index contributed by atoms with van der Waals surface area (Å²) in [6, 6.07) is 8.25. The molecule has 1 aromatic carbocycles. The summed E-state index contributed by atoms with van der Waals surface area (Å²) in [4.78, 5) is 19.5. The van der Waals surface area contributed by atoms with Gasteiger partial charge in [0.05, 0.1) is 5.35 Å². The van der Waals surface area contributed by atoms with Crippen molar-refractivity contribution in [3.05, 3.63) is 46.1 Å². The molecule has 172 valence electrons. The van der Waals surface area contributed by atoms with Crippen LogP contribution in [0.25, 0.3) is 12.4 Å². The average molecular weight is 435 g/mol. The third-order valence-corrected chi connectivity index (χ3v) is 5.24. The number of nitrogens with one attached hydrogen (secondary N) is 2. The van der Waals surface area contributed by atoms with Crippen molar-refractivity contribution in [2.75, 3.05) is 32.5 Å². The van der Waals surface area contributed by atoms with E-state index in [2.05, 4.69) is 66.1 Å². The summed E-state index contributed by atoms with van der Waals surface area (Å²) in [6.07, 6.45) is 2.66. The van der Waals surface area contributed by atoms with E-state index in [0.717, 1.165) is 36.5 Å². The van der Waals surface area contributed by atoms with Crippen LogP contribution in [0.4, 0.5) is 5.69 Å². The molecule has 32 heavy (non-hydrogen) atoms. The van der Waals surface area contributed by atoms with Gasteiger partial charge in [0.2, 0.25) is 0 Å². The lowest BCUT2D eigenvalue weighted by Crippen LogP contribution is -2.34. The Balaban J connectivity index is 2.43. The first kappa shape index (κ1) is 25.5. The molecule has 0 radical (unpaired) electrons. The molecule has 0 aliphatic rings. The van der Waals surface area contributed by atoms with Crippen LogP contribution in [-0.2, 0) is 7.05 Å². The zero-order chi connectivity index (χ0) is 23.8.